The molecule has 122 valence electrons. The summed E-state index contributed by atoms with van der Waals surface area (Å²) in [6.45, 7) is 6.19. The Kier molecular flexibility index (Phi) is 3.11. The molecule has 0 N–H and O–H groups in total. The molecule has 0 radical (unpaired) electrons. The van der Waals surface area contributed by atoms with Crippen LogP contribution in [0.25, 0.3) is 11.5 Å². The summed E-state index contributed by atoms with van der Waals surface area (Å²) in [5.74, 6) is 0.300. The van der Waals surface area contributed by atoms with E-state index in [1.807, 2.05) is 13.8 Å². The second-order valence-corrected chi connectivity index (χ2v) is 6.69. The van der Waals surface area contributed by atoms with Crippen molar-refractivity contribution in [3.8, 4) is 11.5 Å². The number of nitrogens with zero attached hydrogens (tertiary/aromatic N) is 2. The molecule has 4 heterocycles. The largest absolute Gasteiger partial charge is 0.461 e. The quantitative estimate of drug-likeness (QED) is 0.844. The molecule has 2 fully saturated rings. The van der Waals surface area contributed by atoms with Crippen LogP contribution in [0.15, 0.2) is 33.4 Å². The molecule has 23 heavy (non-hydrogen) atoms. The number of likely N-dealkylation sites (tertiary alicyclic amines) is 1. The molecule has 1 amide bonds. The maximum Gasteiger partial charge on any atom is 0.276 e. The highest BCUT2D eigenvalue weighted by molar-refractivity contribution is 5.93. The molecule has 7 nitrogen and oxygen atoms in total. The van der Waals surface area contributed by atoms with Crippen molar-refractivity contribution in [2.75, 3.05) is 26.3 Å². The van der Waals surface area contributed by atoms with Gasteiger partial charge in [0.2, 0.25) is 5.76 Å². The molecule has 0 atom stereocenters. The zero-order valence-corrected chi connectivity index (χ0v) is 13.1. The fraction of sp³-hybridized carbons (Fsp3) is 0.500. The highest BCUT2D eigenvalue weighted by Crippen LogP contribution is 2.38. The van der Waals surface area contributed by atoms with Crippen LogP contribution >= 0.6 is 0 Å². The molecule has 2 saturated heterocycles. The standard InChI is InChI=1S/C16H18N2O5/c1-15(2)21-9-16(10-22-15)7-18(8-16)14(19)11-6-13(23-17-11)12-4-3-5-20-12/h3-6H,7-10H2,1-2H3. The average molecular weight is 318 g/mol. The van der Waals surface area contributed by atoms with Crippen molar-refractivity contribution >= 4 is 5.91 Å². The van der Waals surface area contributed by atoms with E-state index in [4.69, 9.17) is 18.4 Å². The molecule has 1 spiro atoms. The van der Waals surface area contributed by atoms with E-state index in [0.29, 0.717) is 37.8 Å². The van der Waals surface area contributed by atoms with Gasteiger partial charge in [0.05, 0.1) is 24.9 Å². The average Bonchev–Trinajstić information content (AvgIpc) is 3.16. The number of hydrogen-bond donors (Lipinski definition) is 0. The number of carbonyl (C=O) groups excluding carboxylic acids is 1. The van der Waals surface area contributed by atoms with Gasteiger partial charge in [0.1, 0.15) is 0 Å². The third-order valence-electron chi connectivity index (χ3n) is 4.28. The van der Waals surface area contributed by atoms with Crippen LogP contribution in [0.4, 0.5) is 0 Å². The topological polar surface area (TPSA) is 77.9 Å². The number of rotatable bonds is 2. The van der Waals surface area contributed by atoms with E-state index in [-0.39, 0.29) is 17.0 Å². The van der Waals surface area contributed by atoms with Gasteiger partial charge in [-0.2, -0.15) is 0 Å². The summed E-state index contributed by atoms with van der Waals surface area (Å²) in [7, 11) is 0. The molecular weight excluding hydrogens is 300 g/mol. The second kappa shape index (κ2) is 4.94. The summed E-state index contributed by atoms with van der Waals surface area (Å²) in [6, 6.07) is 5.11. The fourth-order valence-electron chi connectivity index (χ4n) is 2.90. The van der Waals surface area contributed by atoms with E-state index in [0.717, 1.165) is 0 Å². The Bertz CT molecular complexity index is 701. The minimum Gasteiger partial charge on any atom is -0.461 e. The van der Waals surface area contributed by atoms with Crippen LogP contribution in [0.1, 0.15) is 24.3 Å². The molecular formula is C16H18N2O5. The first-order chi connectivity index (χ1) is 11.0. The summed E-state index contributed by atoms with van der Waals surface area (Å²) in [5, 5.41) is 3.84. The van der Waals surface area contributed by atoms with Gasteiger partial charge in [-0.25, -0.2) is 0 Å². The van der Waals surface area contributed by atoms with Crippen molar-refractivity contribution in [3.63, 3.8) is 0 Å². The second-order valence-electron chi connectivity index (χ2n) is 6.69. The maximum absolute atomic E-state index is 12.5. The lowest BCUT2D eigenvalue weighted by atomic mass is 9.80. The van der Waals surface area contributed by atoms with Crippen molar-refractivity contribution in [3.05, 3.63) is 30.2 Å². The van der Waals surface area contributed by atoms with Crippen molar-refractivity contribution < 1.29 is 23.2 Å². The molecule has 2 aromatic rings. The van der Waals surface area contributed by atoms with Crippen LogP contribution in [0.5, 0.6) is 0 Å². The van der Waals surface area contributed by atoms with Crippen LogP contribution in [0, 0.1) is 5.41 Å². The Morgan fingerprint density at radius 3 is 2.61 bits per heavy atom. The molecule has 4 rings (SSSR count). The van der Waals surface area contributed by atoms with Gasteiger partial charge in [0.15, 0.2) is 17.2 Å². The van der Waals surface area contributed by atoms with E-state index >= 15 is 0 Å². The van der Waals surface area contributed by atoms with Crippen LogP contribution in [-0.4, -0.2) is 48.1 Å². The van der Waals surface area contributed by atoms with Crippen molar-refractivity contribution in [1.29, 1.82) is 0 Å². The van der Waals surface area contributed by atoms with Crippen LogP contribution < -0.4 is 0 Å². The van der Waals surface area contributed by atoms with Gasteiger partial charge < -0.3 is 23.3 Å². The highest BCUT2D eigenvalue weighted by atomic mass is 16.7. The Balaban J connectivity index is 1.40. The summed E-state index contributed by atoms with van der Waals surface area (Å²) in [4.78, 5) is 14.2. The number of ether oxygens (including phenoxy) is 2. The zero-order valence-electron chi connectivity index (χ0n) is 13.1. The number of hydrogen-bond acceptors (Lipinski definition) is 6. The van der Waals surface area contributed by atoms with Gasteiger partial charge in [-0.3, -0.25) is 4.79 Å². The SMILES string of the molecule is CC1(C)OCC2(CO1)CN(C(=O)c1cc(-c3ccco3)on1)C2. The predicted molar refractivity (Wildman–Crippen MR) is 78.5 cm³/mol. The monoisotopic (exact) mass is 318 g/mol. The molecule has 2 aromatic heterocycles. The van der Waals surface area contributed by atoms with E-state index in [9.17, 15) is 4.79 Å². The first-order valence-corrected chi connectivity index (χ1v) is 7.54. The first-order valence-electron chi connectivity index (χ1n) is 7.54. The van der Waals surface area contributed by atoms with Crippen molar-refractivity contribution in [2.24, 2.45) is 5.41 Å². The first kappa shape index (κ1) is 14.5. The summed E-state index contributed by atoms with van der Waals surface area (Å²) < 4.78 is 21.8. The van der Waals surface area contributed by atoms with Crippen LogP contribution in [0.3, 0.4) is 0 Å². The molecule has 2 aliphatic rings. The molecule has 0 bridgehead atoms. The smallest absolute Gasteiger partial charge is 0.276 e. The fourth-order valence-corrected chi connectivity index (χ4v) is 2.90. The molecule has 0 unspecified atom stereocenters. The molecule has 2 aliphatic heterocycles. The Morgan fingerprint density at radius 2 is 1.96 bits per heavy atom. The third-order valence-corrected chi connectivity index (χ3v) is 4.28. The minimum absolute atomic E-state index is 0.0985. The highest BCUT2D eigenvalue weighted by Gasteiger charge is 2.50. The summed E-state index contributed by atoms with van der Waals surface area (Å²) in [6.07, 6.45) is 1.54. The van der Waals surface area contributed by atoms with Gasteiger partial charge in [-0.05, 0) is 26.0 Å². The summed E-state index contributed by atoms with van der Waals surface area (Å²) in [5.41, 5.74) is 0.183. The van der Waals surface area contributed by atoms with E-state index < -0.39 is 5.79 Å². The molecule has 0 saturated carbocycles. The van der Waals surface area contributed by atoms with Crippen molar-refractivity contribution in [1.82, 2.24) is 10.1 Å². The lowest BCUT2D eigenvalue weighted by Crippen LogP contribution is -2.65. The van der Waals surface area contributed by atoms with Gasteiger partial charge in [0, 0.05) is 19.2 Å². The normalized spacial score (nSPS) is 22.1. The van der Waals surface area contributed by atoms with Gasteiger partial charge >= 0.3 is 0 Å². The zero-order chi connectivity index (χ0) is 16.1. The predicted octanol–water partition coefficient (Wildman–Crippen LogP) is 2.16. The Hall–Kier alpha value is -2.12. The summed E-state index contributed by atoms with van der Waals surface area (Å²) >= 11 is 0. The number of amides is 1. The van der Waals surface area contributed by atoms with Gasteiger partial charge in [0.25, 0.3) is 5.91 Å². The number of furan rings is 1. The lowest BCUT2D eigenvalue weighted by molar-refractivity contribution is -0.301. The van der Waals surface area contributed by atoms with Gasteiger partial charge in [-0.1, -0.05) is 5.16 Å². The Labute approximate surface area is 133 Å². The van der Waals surface area contributed by atoms with Crippen LogP contribution in [-0.2, 0) is 9.47 Å². The molecule has 7 heteroatoms. The minimum atomic E-state index is -0.542. The van der Waals surface area contributed by atoms with Crippen LogP contribution in [0.2, 0.25) is 0 Å². The molecule has 0 aromatic carbocycles. The van der Waals surface area contributed by atoms with Gasteiger partial charge in [-0.15, -0.1) is 0 Å². The lowest BCUT2D eigenvalue weighted by Gasteiger charge is -2.53. The van der Waals surface area contributed by atoms with E-state index in [2.05, 4.69) is 5.16 Å². The maximum atomic E-state index is 12.5. The number of aromatic nitrogens is 1. The molecule has 0 aliphatic carbocycles. The van der Waals surface area contributed by atoms with E-state index in [1.165, 1.54) is 0 Å². The third kappa shape index (κ3) is 2.55. The Morgan fingerprint density at radius 1 is 1.22 bits per heavy atom. The van der Waals surface area contributed by atoms with Crippen molar-refractivity contribution in [2.45, 2.75) is 19.6 Å². The van der Waals surface area contributed by atoms with E-state index in [1.54, 1.807) is 29.4 Å². The number of carbonyl (C=O) groups is 1.